The predicted molar refractivity (Wildman–Crippen MR) is 415 cm³/mol. The highest BCUT2D eigenvalue weighted by Gasteiger charge is 2.42. The second-order valence-corrected chi connectivity index (χ2v) is 30.5. The molecule has 2 fully saturated rings. The number of amides is 15. The van der Waals surface area contributed by atoms with E-state index < -0.39 is 223 Å². The number of aliphatic hydroxyl groups is 1. The van der Waals surface area contributed by atoms with Crippen molar-refractivity contribution in [1.82, 2.24) is 88.3 Å². The zero-order chi connectivity index (χ0) is 82.6. The van der Waals surface area contributed by atoms with E-state index in [1.165, 1.54) is 44.4 Å². The van der Waals surface area contributed by atoms with E-state index in [-0.39, 0.29) is 37.9 Å². The number of carbonyl (C=O) groups is 16. The van der Waals surface area contributed by atoms with Crippen molar-refractivity contribution in [1.29, 1.82) is 0 Å². The van der Waals surface area contributed by atoms with Gasteiger partial charge in [-0.25, -0.2) is 4.98 Å². The number of carboxylic acids is 1. The summed E-state index contributed by atoms with van der Waals surface area (Å²) in [6.45, 7) is 5.58. The molecule has 2 aliphatic heterocycles. The number of aromatic amines is 4. The quantitative estimate of drug-likeness (QED) is 0.0217. The van der Waals surface area contributed by atoms with Crippen LogP contribution in [0.1, 0.15) is 88.6 Å². The molecule has 608 valence electrons. The van der Waals surface area contributed by atoms with Crippen LogP contribution in [-0.2, 0) is 102 Å². The van der Waals surface area contributed by atoms with Gasteiger partial charge in [0.2, 0.25) is 88.6 Å². The van der Waals surface area contributed by atoms with Gasteiger partial charge >= 0.3 is 5.97 Å². The Morgan fingerprint density at radius 3 is 1.56 bits per heavy atom. The molecule has 0 bridgehead atoms. The number of aromatic nitrogens is 5. The highest BCUT2D eigenvalue weighted by Crippen LogP contribution is 2.28. The Morgan fingerprint density at radius 2 is 1.04 bits per heavy atom. The summed E-state index contributed by atoms with van der Waals surface area (Å²) in [5, 5.41) is 51.0. The van der Waals surface area contributed by atoms with Crippen molar-refractivity contribution in [3.63, 3.8) is 0 Å². The number of H-pyrrole nitrogens is 4. The van der Waals surface area contributed by atoms with Gasteiger partial charge in [-0.3, -0.25) is 76.7 Å². The number of hydrogen-bond donors (Lipinski definition) is 20. The fourth-order valence-electron chi connectivity index (χ4n) is 13.4. The van der Waals surface area contributed by atoms with Crippen LogP contribution in [-0.4, -0.2) is 231 Å². The summed E-state index contributed by atoms with van der Waals surface area (Å²) in [4.78, 5) is 245. The number of nitrogens with one attached hydrogen (secondary N) is 15. The number of aliphatic hydroxyl groups excluding tert-OH is 1. The molecule has 6 heterocycles. The number of carbonyl (C=O) groups excluding carboxylic acids is 15. The molecule has 0 unspecified atom stereocenters. The van der Waals surface area contributed by atoms with Crippen LogP contribution in [0, 0.1) is 5.92 Å². The molecule has 40 heteroatoms. The van der Waals surface area contributed by atoms with Crippen LogP contribution in [0.3, 0.4) is 0 Å². The lowest BCUT2D eigenvalue weighted by Crippen LogP contribution is -2.63. The largest absolute Gasteiger partial charge is 0.481 e. The maximum atomic E-state index is 15.3. The molecule has 2 aliphatic rings. The van der Waals surface area contributed by atoms with Crippen molar-refractivity contribution in [2.45, 2.75) is 171 Å². The fraction of sp³-hybridized carbons (Fsp3) is 0.419. The highest BCUT2D eigenvalue weighted by atomic mass is 33.1. The molecule has 0 radical (unpaired) electrons. The Balaban J connectivity index is 1.09. The number of carboxylic acid groups (broad SMARTS) is 1. The number of imidazole rings is 1. The van der Waals surface area contributed by atoms with Gasteiger partial charge in [0.1, 0.15) is 72.5 Å². The third-order valence-corrected chi connectivity index (χ3v) is 21.9. The topological polar surface area (TPSA) is 603 Å². The molecule has 114 heavy (non-hydrogen) atoms. The van der Waals surface area contributed by atoms with E-state index >= 15 is 24.0 Å². The van der Waals surface area contributed by atoms with Crippen LogP contribution in [0.15, 0.2) is 104 Å². The van der Waals surface area contributed by atoms with Gasteiger partial charge in [0.25, 0.3) is 0 Å². The number of para-hydroxylation sites is 3. The summed E-state index contributed by atoms with van der Waals surface area (Å²) in [5.41, 5.74) is 20.8. The monoisotopic (exact) mass is 1610 g/mol. The van der Waals surface area contributed by atoms with Crippen molar-refractivity contribution in [3.05, 3.63) is 126 Å². The van der Waals surface area contributed by atoms with Gasteiger partial charge in [0.15, 0.2) is 0 Å². The van der Waals surface area contributed by atoms with Crippen LogP contribution >= 0.6 is 21.6 Å². The molecule has 38 nitrogen and oxygen atoms in total. The number of nitrogens with two attached hydrogens (primary N) is 3. The Bertz CT molecular complexity index is 4740. The molecule has 4 aromatic heterocycles. The summed E-state index contributed by atoms with van der Waals surface area (Å²) in [5.74, 6) is -20.2. The summed E-state index contributed by atoms with van der Waals surface area (Å²) in [6, 6.07) is 0.0171. The minimum absolute atomic E-state index is 0.0480. The lowest BCUT2D eigenvalue weighted by Gasteiger charge is -2.30. The summed E-state index contributed by atoms with van der Waals surface area (Å²) in [6.07, 6.45) is 1.90. The summed E-state index contributed by atoms with van der Waals surface area (Å²) < 4.78 is 0. The molecule has 15 amide bonds. The Labute approximate surface area is 658 Å². The van der Waals surface area contributed by atoms with E-state index in [0.717, 1.165) is 21.7 Å². The second-order valence-electron chi connectivity index (χ2n) is 27.9. The molecule has 0 aliphatic carbocycles. The van der Waals surface area contributed by atoms with Crippen LogP contribution in [0.5, 0.6) is 0 Å². The van der Waals surface area contributed by atoms with Gasteiger partial charge in [0.05, 0.1) is 31.7 Å². The van der Waals surface area contributed by atoms with E-state index in [1.807, 2.05) is 0 Å². The average Bonchev–Trinajstić information content (AvgIpc) is 1.64. The smallest absolute Gasteiger partial charge is 0.305 e. The third kappa shape index (κ3) is 22.9. The lowest BCUT2D eigenvalue weighted by atomic mass is 9.97. The number of fused-ring (bicyclic) bond motifs is 3. The van der Waals surface area contributed by atoms with Gasteiger partial charge < -0.3 is 111 Å². The zero-order valence-corrected chi connectivity index (χ0v) is 64.1. The first-order chi connectivity index (χ1) is 54.4. The van der Waals surface area contributed by atoms with Crippen LogP contribution < -0.4 is 75.7 Å². The van der Waals surface area contributed by atoms with E-state index in [9.17, 15) is 63.0 Å². The normalized spacial score (nSPS) is 21.3. The molecule has 3 aromatic carbocycles. The van der Waals surface area contributed by atoms with Gasteiger partial charge in [-0.1, -0.05) is 96.5 Å². The van der Waals surface area contributed by atoms with E-state index in [0.29, 0.717) is 55.7 Å². The van der Waals surface area contributed by atoms with E-state index in [2.05, 4.69) is 83.4 Å². The first-order valence-electron chi connectivity index (χ1n) is 36.6. The van der Waals surface area contributed by atoms with E-state index in [1.54, 1.807) is 92.1 Å². The third-order valence-electron chi connectivity index (χ3n) is 19.5. The number of nitrogens with zero attached hydrogens (tertiary/aromatic N) is 2. The van der Waals surface area contributed by atoms with Gasteiger partial charge in [-0.05, 0) is 60.6 Å². The van der Waals surface area contributed by atoms with Crippen molar-refractivity contribution >= 4 is 149 Å². The Morgan fingerprint density at radius 1 is 0.561 bits per heavy atom. The molecular weight excluding hydrogens is 1520 g/mol. The number of hydrogen-bond acceptors (Lipinski definition) is 20. The molecule has 23 N–H and O–H groups in total. The predicted octanol–water partition coefficient (Wildman–Crippen LogP) is -3.00. The van der Waals surface area contributed by atoms with E-state index in [4.69, 9.17) is 17.2 Å². The van der Waals surface area contributed by atoms with Crippen molar-refractivity contribution < 1.29 is 86.9 Å². The molecule has 7 aromatic rings. The summed E-state index contributed by atoms with van der Waals surface area (Å²) in [7, 11) is 1.43. The van der Waals surface area contributed by atoms with Crippen molar-refractivity contribution in [2.24, 2.45) is 23.1 Å². The zero-order valence-electron chi connectivity index (χ0n) is 62.5. The number of primary amides is 3. The standard InChI is InChI=1S/C74H92N20O18S2/c1-5-35(2)61(92-73(111)62(36(3)95)93-69(107)48(83-37(4)96)21-38-28-79-45-16-9-6-13-42(38)45)72(110)91-56-33-114-113-32-55(71(109)89-54(74(112)94-20-12-19-57(94)63(77)101)23-40-30-81-47-18-11-8-15-44(40)47)90-68(106)53(27-60(99)100)88-65(103)50(24-41-31-78-34-82-41)85-64(102)49(22-39-29-80-46-17-10-7-14-43(39)46)84-66(104)51(25-58(75)97)86-67(105)52(26-59(76)98)87-70(56)108/h6-11,13-18,28-31,34-36,48-57,61-62,79-81,95H,5,12,19-27,32-33H2,1-4H3,(H2,75,97)(H2,76,98)(H2,77,101)(H,78,82)(H,83,96)(H,84,104)(H,85,102)(H,86,105)(H,87,108)(H,88,103)(H,89,109)(H,90,106)(H,91,110)(H,92,111)(H,93,107)(H,99,100)/t35-,36+,48-,49-,50-,51-,52-,53-,54-,55-,56-,57-,61-,62-/m0/s1. The summed E-state index contributed by atoms with van der Waals surface area (Å²) >= 11 is 0. The molecule has 2 saturated heterocycles. The Kier molecular flexibility index (Phi) is 29.9. The maximum absolute atomic E-state index is 15.3. The minimum Gasteiger partial charge on any atom is -0.481 e. The Hall–Kier alpha value is -12.3. The van der Waals surface area contributed by atoms with Gasteiger partial charge in [0, 0.05) is 114 Å². The first kappa shape index (κ1) is 85.7. The number of aliphatic carboxylic acids is 1. The molecule has 9 rings (SSSR count). The average molecular weight is 1610 g/mol. The highest BCUT2D eigenvalue weighted by molar-refractivity contribution is 8.76. The minimum atomic E-state index is -2.10. The maximum Gasteiger partial charge on any atom is 0.305 e. The number of benzene rings is 3. The molecule has 0 spiro atoms. The van der Waals surface area contributed by atoms with Gasteiger partial charge in [-0.15, -0.1) is 0 Å². The van der Waals surface area contributed by atoms with Crippen LogP contribution in [0.4, 0.5) is 0 Å². The number of likely N-dealkylation sites (tertiary alicyclic amines) is 1. The van der Waals surface area contributed by atoms with Crippen LogP contribution in [0.2, 0.25) is 0 Å². The van der Waals surface area contributed by atoms with Crippen molar-refractivity contribution in [2.75, 3.05) is 18.1 Å². The molecule has 14 atom stereocenters. The number of rotatable bonds is 28. The van der Waals surface area contributed by atoms with Crippen LogP contribution in [0.25, 0.3) is 32.7 Å². The molecule has 0 saturated carbocycles. The fourth-order valence-corrected chi connectivity index (χ4v) is 15.7. The second kappa shape index (κ2) is 39.7. The van der Waals surface area contributed by atoms with Crippen molar-refractivity contribution in [3.8, 4) is 0 Å². The van der Waals surface area contributed by atoms with Gasteiger partial charge in [-0.2, -0.15) is 0 Å². The SMILES string of the molecule is CC[C@H](C)[C@H](NC(=O)[C@@H](NC(=O)[C@H](Cc1c[nH]c2ccccc12)NC(C)=O)[C@@H](C)O)C(=O)N[C@H]1CSSC[C@@H](C(=O)N[C@@H](Cc2c[nH]c3ccccc23)C(=O)N2CCC[C@H]2C(N)=O)NC(=O)[C@H](CC(=O)O)NC(=O)[C@H](Cc2cnc[nH]2)NC(=O)[C@H](Cc2c[nH]c3ccccc23)NC(=O)[C@H](CC(N)=O)NC(=O)[C@H](CC(N)=O)NC1=O. The first-order valence-corrected chi connectivity index (χ1v) is 39.1. The molecular formula is C74H92N20O18S2. The lowest BCUT2D eigenvalue weighted by molar-refractivity contribution is -0.142.